The van der Waals surface area contributed by atoms with Gasteiger partial charge < -0.3 is 15.5 Å². The molecule has 2 heterocycles. The van der Waals surface area contributed by atoms with Crippen molar-refractivity contribution in [2.45, 2.75) is 13.0 Å². The van der Waals surface area contributed by atoms with Crippen molar-refractivity contribution in [1.29, 1.82) is 0 Å². The molecule has 2 aromatic heterocycles. The van der Waals surface area contributed by atoms with Crippen LogP contribution in [0.4, 0.5) is 5.82 Å². The summed E-state index contributed by atoms with van der Waals surface area (Å²) >= 11 is 0. The van der Waals surface area contributed by atoms with E-state index in [1.54, 1.807) is 19.1 Å². The normalized spacial score (nSPS) is 12.3. The van der Waals surface area contributed by atoms with E-state index < -0.39 is 5.91 Å². The predicted molar refractivity (Wildman–Crippen MR) is 53.3 cm³/mol. The fourth-order valence-electron chi connectivity index (χ4n) is 1.23. The largest absolute Gasteiger partial charge is 0.467 e. The highest BCUT2D eigenvalue weighted by Gasteiger charge is 2.19. The molecule has 2 aromatic rings. The Morgan fingerprint density at radius 1 is 1.56 bits per heavy atom. The number of furan rings is 1. The standard InChI is InChI=1S/C9H10N4O3/c1-5(6-3-2-4-15-6)11-9(14)7-8(10)13-16-12-7/h2-5H,1H3,(H2,10,13)(H,11,14). The molecule has 0 fully saturated rings. The molecular formula is C9H10N4O3. The lowest BCUT2D eigenvalue weighted by Crippen LogP contribution is -2.27. The Balaban J connectivity index is 2.06. The van der Waals surface area contributed by atoms with E-state index in [1.807, 2.05) is 0 Å². The van der Waals surface area contributed by atoms with Gasteiger partial charge in [-0.3, -0.25) is 4.79 Å². The van der Waals surface area contributed by atoms with E-state index in [1.165, 1.54) is 6.26 Å². The van der Waals surface area contributed by atoms with Gasteiger partial charge in [-0.15, -0.1) is 0 Å². The van der Waals surface area contributed by atoms with E-state index >= 15 is 0 Å². The molecule has 3 N–H and O–H groups in total. The van der Waals surface area contributed by atoms with Crippen LogP contribution < -0.4 is 11.1 Å². The summed E-state index contributed by atoms with van der Waals surface area (Å²) in [6, 6.07) is 3.22. The number of aromatic nitrogens is 2. The number of nitrogens with two attached hydrogens (primary N) is 1. The van der Waals surface area contributed by atoms with Crippen LogP contribution in [0, 0.1) is 0 Å². The Morgan fingerprint density at radius 2 is 2.38 bits per heavy atom. The molecule has 0 spiro atoms. The zero-order valence-corrected chi connectivity index (χ0v) is 8.51. The van der Waals surface area contributed by atoms with Crippen LogP contribution in [-0.2, 0) is 0 Å². The van der Waals surface area contributed by atoms with Gasteiger partial charge in [0.25, 0.3) is 5.91 Å². The van der Waals surface area contributed by atoms with Crippen molar-refractivity contribution < 1.29 is 13.8 Å². The fraction of sp³-hybridized carbons (Fsp3) is 0.222. The SMILES string of the molecule is CC(NC(=O)c1nonc1N)c1ccco1. The highest BCUT2D eigenvalue weighted by atomic mass is 16.6. The van der Waals surface area contributed by atoms with Gasteiger partial charge in [0.15, 0.2) is 0 Å². The summed E-state index contributed by atoms with van der Waals surface area (Å²) in [6.07, 6.45) is 1.53. The van der Waals surface area contributed by atoms with Gasteiger partial charge in [-0.1, -0.05) is 0 Å². The molecular weight excluding hydrogens is 212 g/mol. The lowest BCUT2D eigenvalue weighted by molar-refractivity contribution is 0.0926. The summed E-state index contributed by atoms with van der Waals surface area (Å²) in [5, 5.41) is 9.36. The molecule has 0 aliphatic carbocycles. The van der Waals surface area contributed by atoms with Crippen molar-refractivity contribution in [1.82, 2.24) is 15.6 Å². The molecule has 0 radical (unpaired) electrons. The molecule has 1 amide bonds. The molecule has 2 rings (SSSR count). The average Bonchev–Trinajstić information content (AvgIpc) is 2.86. The van der Waals surface area contributed by atoms with Crippen molar-refractivity contribution in [3.05, 3.63) is 29.9 Å². The number of anilines is 1. The van der Waals surface area contributed by atoms with Gasteiger partial charge in [0.1, 0.15) is 5.76 Å². The van der Waals surface area contributed by atoms with Gasteiger partial charge >= 0.3 is 0 Å². The van der Waals surface area contributed by atoms with E-state index in [9.17, 15) is 4.79 Å². The molecule has 7 heteroatoms. The van der Waals surface area contributed by atoms with Crippen molar-refractivity contribution >= 4 is 11.7 Å². The first-order valence-electron chi connectivity index (χ1n) is 4.61. The second kappa shape index (κ2) is 4.05. The lowest BCUT2D eigenvalue weighted by atomic mass is 10.2. The van der Waals surface area contributed by atoms with E-state index in [0.29, 0.717) is 5.76 Å². The second-order valence-corrected chi connectivity index (χ2v) is 3.21. The van der Waals surface area contributed by atoms with Gasteiger partial charge in [-0.25, -0.2) is 4.63 Å². The number of hydrogen-bond donors (Lipinski definition) is 2. The third-order valence-electron chi connectivity index (χ3n) is 2.05. The number of nitrogens with zero attached hydrogens (tertiary/aromatic N) is 2. The molecule has 0 saturated heterocycles. The first-order valence-corrected chi connectivity index (χ1v) is 4.61. The maximum Gasteiger partial charge on any atom is 0.278 e. The second-order valence-electron chi connectivity index (χ2n) is 3.21. The molecule has 0 saturated carbocycles. The predicted octanol–water partition coefficient (Wildman–Crippen LogP) is 0.736. The fourth-order valence-corrected chi connectivity index (χ4v) is 1.23. The molecule has 0 aliphatic heterocycles. The minimum atomic E-state index is -0.456. The first-order chi connectivity index (χ1) is 7.68. The van der Waals surface area contributed by atoms with Crippen molar-refractivity contribution in [2.75, 3.05) is 5.73 Å². The summed E-state index contributed by atoms with van der Waals surface area (Å²) in [6.45, 7) is 1.78. The van der Waals surface area contributed by atoms with Crippen molar-refractivity contribution in [2.24, 2.45) is 0 Å². The molecule has 16 heavy (non-hydrogen) atoms. The maximum absolute atomic E-state index is 11.6. The van der Waals surface area contributed by atoms with Crippen LogP contribution in [0.3, 0.4) is 0 Å². The van der Waals surface area contributed by atoms with Crippen LogP contribution in [0.25, 0.3) is 0 Å². The Labute approximate surface area is 90.6 Å². The molecule has 0 aliphatic rings. The topological polar surface area (TPSA) is 107 Å². The quantitative estimate of drug-likeness (QED) is 0.792. The maximum atomic E-state index is 11.6. The highest BCUT2D eigenvalue weighted by molar-refractivity contribution is 5.96. The Kier molecular flexibility index (Phi) is 2.59. The van der Waals surface area contributed by atoms with E-state index in [-0.39, 0.29) is 17.6 Å². The number of carbonyl (C=O) groups is 1. The van der Waals surface area contributed by atoms with Crippen LogP contribution in [0.2, 0.25) is 0 Å². The van der Waals surface area contributed by atoms with Crippen LogP contribution in [0.5, 0.6) is 0 Å². The Bertz CT molecular complexity index is 477. The summed E-state index contributed by atoms with van der Waals surface area (Å²) in [5.41, 5.74) is 5.35. The molecule has 1 unspecified atom stereocenters. The minimum Gasteiger partial charge on any atom is -0.467 e. The molecule has 0 aromatic carbocycles. The number of rotatable bonds is 3. The van der Waals surface area contributed by atoms with Gasteiger partial charge in [-0.2, -0.15) is 0 Å². The third-order valence-corrected chi connectivity index (χ3v) is 2.05. The zero-order chi connectivity index (χ0) is 11.5. The molecule has 7 nitrogen and oxygen atoms in total. The van der Waals surface area contributed by atoms with Gasteiger partial charge in [-0.05, 0) is 29.4 Å². The van der Waals surface area contributed by atoms with Gasteiger partial charge in [0, 0.05) is 0 Å². The van der Waals surface area contributed by atoms with Crippen LogP contribution in [0.1, 0.15) is 29.2 Å². The monoisotopic (exact) mass is 222 g/mol. The number of amides is 1. The van der Waals surface area contributed by atoms with Gasteiger partial charge in [0.05, 0.1) is 12.3 Å². The molecule has 0 bridgehead atoms. The summed E-state index contributed by atoms with van der Waals surface area (Å²) in [7, 11) is 0. The van der Waals surface area contributed by atoms with E-state index in [0.717, 1.165) is 0 Å². The molecule has 1 atom stereocenters. The number of carbonyl (C=O) groups excluding carboxylic acids is 1. The van der Waals surface area contributed by atoms with Crippen LogP contribution >= 0.6 is 0 Å². The number of hydrogen-bond acceptors (Lipinski definition) is 6. The van der Waals surface area contributed by atoms with E-state index in [2.05, 4.69) is 20.3 Å². The minimum absolute atomic E-state index is 0.0293. The molecule has 84 valence electrons. The van der Waals surface area contributed by atoms with Gasteiger partial charge in [0.2, 0.25) is 11.5 Å². The smallest absolute Gasteiger partial charge is 0.278 e. The Morgan fingerprint density at radius 3 is 2.94 bits per heavy atom. The van der Waals surface area contributed by atoms with E-state index in [4.69, 9.17) is 10.2 Å². The lowest BCUT2D eigenvalue weighted by Gasteiger charge is -2.09. The number of nitrogens with one attached hydrogen (secondary N) is 1. The first kappa shape index (κ1) is 10.2. The highest BCUT2D eigenvalue weighted by Crippen LogP contribution is 2.13. The van der Waals surface area contributed by atoms with Crippen LogP contribution in [0.15, 0.2) is 27.4 Å². The summed E-state index contributed by atoms with van der Waals surface area (Å²) in [5.74, 6) is 0.148. The van der Waals surface area contributed by atoms with Crippen molar-refractivity contribution in [3.63, 3.8) is 0 Å². The third kappa shape index (κ3) is 1.88. The van der Waals surface area contributed by atoms with Crippen LogP contribution in [-0.4, -0.2) is 16.2 Å². The summed E-state index contributed by atoms with van der Waals surface area (Å²) in [4.78, 5) is 11.6. The summed E-state index contributed by atoms with van der Waals surface area (Å²) < 4.78 is 9.47. The van der Waals surface area contributed by atoms with Crippen molar-refractivity contribution in [3.8, 4) is 0 Å². The number of nitrogen functional groups attached to an aromatic ring is 1. The zero-order valence-electron chi connectivity index (χ0n) is 8.51. The Hall–Kier alpha value is -2.31. The average molecular weight is 222 g/mol.